The van der Waals surface area contributed by atoms with Crippen molar-refractivity contribution in [3.05, 3.63) is 0 Å². The molecule has 0 saturated heterocycles. The van der Waals surface area contributed by atoms with Crippen molar-refractivity contribution in [2.24, 2.45) is 17.3 Å². The van der Waals surface area contributed by atoms with Gasteiger partial charge in [-0.15, -0.1) is 0 Å². The number of fused-ring (bicyclic) bond motifs is 2. The molecule has 3 heteroatoms. The third-order valence-corrected chi connectivity index (χ3v) is 4.54. The predicted molar refractivity (Wildman–Crippen MR) is 65.4 cm³/mol. The van der Waals surface area contributed by atoms with Crippen LogP contribution in [0.25, 0.3) is 0 Å². The van der Waals surface area contributed by atoms with Crippen molar-refractivity contribution in [1.29, 1.82) is 5.26 Å². The summed E-state index contributed by atoms with van der Waals surface area (Å²) in [4.78, 5) is 0. The van der Waals surface area contributed by atoms with Crippen LogP contribution in [0, 0.1) is 28.6 Å². The molecule has 0 heterocycles. The fourth-order valence-electron chi connectivity index (χ4n) is 3.68. The number of hydrogen-bond donors (Lipinski definition) is 0. The van der Waals surface area contributed by atoms with E-state index in [0.29, 0.717) is 19.1 Å². The SMILES string of the molecule is COCCOCCCC1(C#N)CC2CCC1C2. The standard InChI is InChI=1S/C14H23NO2/c1-16-7-8-17-6-2-5-14(11-15)10-12-3-4-13(14)9-12/h12-13H,2-10H2,1H3. The first-order valence-corrected chi connectivity index (χ1v) is 6.78. The molecule has 17 heavy (non-hydrogen) atoms. The second-order valence-corrected chi connectivity index (χ2v) is 5.56. The van der Waals surface area contributed by atoms with Crippen LogP contribution in [0.4, 0.5) is 0 Å². The van der Waals surface area contributed by atoms with Crippen LogP contribution < -0.4 is 0 Å². The Hall–Kier alpha value is -0.590. The predicted octanol–water partition coefficient (Wildman–Crippen LogP) is 2.76. The second kappa shape index (κ2) is 5.84. The van der Waals surface area contributed by atoms with Crippen LogP contribution in [0.1, 0.15) is 38.5 Å². The molecule has 2 saturated carbocycles. The summed E-state index contributed by atoms with van der Waals surface area (Å²) in [6, 6.07) is 2.63. The zero-order valence-corrected chi connectivity index (χ0v) is 10.8. The molecule has 3 unspecified atom stereocenters. The minimum Gasteiger partial charge on any atom is -0.382 e. The number of hydrogen-bond acceptors (Lipinski definition) is 3. The smallest absolute Gasteiger partial charge is 0.0700 e. The first kappa shape index (κ1) is 12.9. The Morgan fingerprint density at radius 2 is 2.18 bits per heavy atom. The molecule has 0 aromatic carbocycles. The lowest BCUT2D eigenvalue weighted by Gasteiger charge is -2.30. The monoisotopic (exact) mass is 237 g/mol. The number of ether oxygens (including phenoxy) is 2. The zero-order chi connectivity index (χ0) is 12.1. The van der Waals surface area contributed by atoms with E-state index in [4.69, 9.17) is 9.47 Å². The zero-order valence-electron chi connectivity index (χ0n) is 10.8. The maximum atomic E-state index is 9.47. The van der Waals surface area contributed by atoms with Gasteiger partial charge in [0.05, 0.1) is 24.7 Å². The molecule has 0 aliphatic heterocycles. The van der Waals surface area contributed by atoms with Crippen LogP contribution in [0.3, 0.4) is 0 Å². The molecule has 2 aliphatic carbocycles. The van der Waals surface area contributed by atoms with Crippen LogP contribution in [0.15, 0.2) is 0 Å². The van der Waals surface area contributed by atoms with E-state index in [-0.39, 0.29) is 5.41 Å². The van der Waals surface area contributed by atoms with Crippen molar-refractivity contribution < 1.29 is 9.47 Å². The van der Waals surface area contributed by atoms with Gasteiger partial charge in [-0.1, -0.05) is 6.42 Å². The minimum absolute atomic E-state index is 0.00642. The van der Waals surface area contributed by atoms with Crippen LogP contribution in [0.5, 0.6) is 0 Å². The molecule has 3 atom stereocenters. The number of nitriles is 1. The Labute approximate surface area is 104 Å². The molecule has 96 valence electrons. The lowest BCUT2D eigenvalue weighted by molar-refractivity contribution is 0.0629. The third kappa shape index (κ3) is 2.81. The molecule has 3 nitrogen and oxygen atoms in total. The van der Waals surface area contributed by atoms with E-state index in [1.807, 2.05) is 0 Å². The van der Waals surface area contributed by atoms with E-state index in [0.717, 1.165) is 31.8 Å². The Balaban J connectivity index is 1.69. The highest BCUT2D eigenvalue weighted by molar-refractivity contribution is 5.11. The van der Waals surface area contributed by atoms with E-state index in [1.54, 1.807) is 7.11 Å². The van der Waals surface area contributed by atoms with E-state index in [1.165, 1.54) is 19.3 Å². The molecule has 0 spiro atoms. The van der Waals surface area contributed by atoms with E-state index < -0.39 is 0 Å². The summed E-state index contributed by atoms with van der Waals surface area (Å²) in [7, 11) is 1.68. The highest BCUT2D eigenvalue weighted by atomic mass is 16.5. The molecular formula is C14H23NO2. The van der Waals surface area contributed by atoms with Crippen LogP contribution in [-0.4, -0.2) is 26.9 Å². The summed E-state index contributed by atoms with van der Waals surface area (Å²) < 4.78 is 10.4. The van der Waals surface area contributed by atoms with Gasteiger partial charge in [-0.2, -0.15) is 5.26 Å². The van der Waals surface area contributed by atoms with E-state index in [9.17, 15) is 5.26 Å². The fourth-order valence-corrected chi connectivity index (χ4v) is 3.68. The summed E-state index contributed by atoms with van der Waals surface area (Å²) in [5, 5.41) is 9.47. The largest absolute Gasteiger partial charge is 0.382 e. The molecule has 0 N–H and O–H groups in total. The molecule has 0 radical (unpaired) electrons. The van der Waals surface area contributed by atoms with Gasteiger partial charge in [-0.25, -0.2) is 0 Å². The van der Waals surface area contributed by atoms with Crippen molar-refractivity contribution in [2.75, 3.05) is 26.9 Å². The second-order valence-electron chi connectivity index (χ2n) is 5.56. The summed E-state index contributed by atoms with van der Waals surface area (Å²) in [6.07, 6.45) is 7.13. The van der Waals surface area contributed by atoms with Crippen molar-refractivity contribution in [2.45, 2.75) is 38.5 Å². The summed E-state index contributed by atoms with van der Waals surface area (Å²) in [6.45, 7) is 2.10. The van der Waals surface area contributed by atoms with Crippen molar-refractivity contribution >= 4 is 0 Å². The maximum absolute atomic E-state index is 9.47. The van der Waals surface area contributed by atoms with Crippen LogP contribution in [-0.2, 0) is 9.47 Å². The topological polar surface area (TPSA) is 42.2 Å². The summed E-state index contributed by atoms with van der Waals surface area (Å²) >= 11 is 0. The van der Waals surface area contributed by atoms with Crippen LogP contribution in [0.2, 0.25) is 0 Å². The first-order chi connectivity index (χ1) is 8.30. The van der Waals surface area contributed by atoms with Gasteiger partial charge in [0.1, 0.15) is 0 Å². The number of rotatable bonds is 7. The highest BCUT2D eigenvalue weighted by Crippen LogP contribution is 2.57. The average molecular weight is 237 g/mol. The van der Waals surface area contributed by atoms with Crippen molar-refractivity contribution in [3.63, 3.8) is 0 Å². The average Bonchev–Trinajstić information content (AvgIpc) is 2.94. The van der Waals surface area contributed by atoms with Gasteiger partial charge in [0.2, 0.25) is 0 Å². The Kier molecular flexibility index (Phi) is 4.42. The van der Waals surface area contributed by atoms with Gasteiger partial charge in [0, 0.05) is 13.7 Å². The molecule has 0 aromatic rings. The van der Waals surface area contributed by atoms with Gasteiger partial charge >= 0.3 is 0 Å². The molecule has 2 rings (SSSR count). The molecule has 0 aromatic heterocycles. The molecule has 2 aliphatic rings. The Morgan fingerprint density at radius 1 is 1.29 bits per heavy atom. The molecule has 0 amide bonds. The molecule has 2 bridgehead atoms. The van der Waals surface area contributed by atoms with Gasteiger partial charge in [-0.3, -0.25) is 0 Å². The first-order valence-electron chi connectivity index (χ1n) is 6.78. The fraction of sp³-hybridized carbons (Fsp3) is 0.929. The molecular weight excluding hydrogens is 214 g/mol. The summed E-state index contributed by atoms with van der Waals surface area (Å²) in [5.74, 6) is 1.52. The quantitative estimate of drug-likeness (QED) is 0.639. The maximum Gasteiger partial charge on any atom is 0.0700 e. The lowest BCUT2D eigenvalue weighted by Crippen LogP contribution is -2.26. The van der Waals surface area contributed by atoms with Crippen molar-refractivity contribution in [3.8, 4) is 6.07 Å². The summed E-state index contributed by atoms with van der Waals surface area (Å²) in [5.41, 5.74) is -0.00642. The minimum atomic E-state index is -0.00642. The number of methoxy groups -OCH3 is 1. The van der Waals surface area contributed by atoms with Gasteiger partial charge in [0.25, 0.3) is 0 Å². The van der Waals surface area contributed by atoms with Crippen molar-refractivity contribution in [1.82, 2.24) is 0 Å². The third-order valence-electron chi connectivity index (χ3n) is 4.54. The van der Waals surface area contributed by atoms with E-state index >= 15 is 0 Å². The van der Waals surface area contributed by atoms with Gasteiger partial charge in [0.15, 0.2) is 0 Å². The molecule has 2 fully saturated rings. The lowest BCUT2D eigenvalue weighted by atomic mass is 9.71. The van der Waals surface area contributed by atoms with E-state index in [2.05, 4.69) is 6.07 Å². The van der Waals surface area contributed by atoms with Crippen LogP contribution >= 0.6 is 0 Å². The Morgan fingerprint density at radius 3 is 2.76 bits per heavy atom. The Bertz CT molecular complexity index is 286. The van der Waals surface area contributed by atoms with Gasteiger partial charge < -0.3 is 9.47 Å². The van der Waals surface area contributed by atoms with Gasteiger partial charge in [-0.05, 0) is 43.9 Å². The highest BCUT2D eigenvalue weighted by Gasteiger charge is 2.50. The number of nitrogens with zero attached hydrogens (tertiary/aromatic N) is 1. The normalized spacial score (nSPS) is 35.1.